The van der Waals surface area contributed by atoms with Gasteiger partial charge < -0.3 is 10.0 Å². The second kappa shape index (κ2) is 5.37. The Morgan fingerprint density at radius 3 is 2.50 bits per heavy atom. The predicted molar refractivity (Wildman–Crippen MR) is 77.8 cm³/mol. The number of nitrogens with zero attached hydrogens (tertiary/aromatic N) is 1. The predicted octanol–water partition coefficient (Wildman–Crippen LogP) is 3.02. The summed E-state index contributed by atoms with van der Waals surface area (Å²) in [6, 6.07) is 17.0. The molecular formula is C17H17NO2. The summed E-state index contributed by atoms with van der Waals surface area (Å²) in [6.07, 6.45) is 0.976. The number of phenols is 1. The van der Waals surface area contributed by atoms with Crippen molar-refractivity contribution in [1.29, 1.82) is 0 Å². The Hall–Kier alpha value is -2.29. The summed E-state index contributed by atoms with van der Waals surface area (Å²) < 4.78 is 0. The van der Waals surface area contributed by atoms with Crippen molar-refractivity contribution in [1.82, 2.24) is 4.90 Å². The van der Waals surface area contributed by atoms with E-state index in [1.54, 1.807) is 24.3 Å². The Labute approximate surface area is 118 Å². The van der Waals surface area contributed by atoms with E-state index in [0.717, 1.165) is 19.5 Å². The lowest BCUT2D eigenvalue weighted by atomic mass is 9.99. The largest absolute Gasteiger partial charge is 0.507 e. The molecule has 0 aromatic heterocycles. The molecule has 1 aliphatic heterocycles. The van der Waals surface area contributed by atoms with Gasteiger partial charge in [0.2, 0.25) is 0 Å². The van der Waals surface area contributed by atoms with Gasteiger partial charge in [-0.1, -0.05) is 42.5 Å². The van der Waals surface area contributed by atoms with Crippen LogP contribution >= 0.6 is 0 Å². The van der Waals surface area contributed by atoms with Gasteiger partial charge >= 0.3 is 0 Å². The molecule has 1 heterocycles. The first-order valence-electron chi connectivity index (χ1n) is 6.88. The molecule has 0 spiro atoms. The minimum absolute atomic E-state index is 0.0562. The van der Waals surface area contributed by atoms with Crippen molar-refractivity contribution >= 4 is 5.91 Å². The van der Waals surface area contributed by atoms with E-state index in [9.17, 15) is 9.90 Å². The molecule has 2 aromatic rings. The van der Waals surface area contributed by atoms with Gasteiger partial charge in [-0.2, -0.15) is 0 Å². The molecule has 0 aliphatic carbocycles. The quantitative estimate of drug-likeness (QED) is 0.908. The number of carbonyl (C=O) groups excluding carboxylic acids is 1. The maximum atomic E-state index is 12.4. The number of carbonyl (C=O) groups is 1. The Kier molecular flexibility index (Phi) is 3.42. The number of likely N-dealkylation sites (tertiary alicyclic amines) is 1. The summed E-state index contributed by atoms with van der Waals surface area (Å²) in [5.74, 6) is 0.369. The Morgan fingerprint density at radius 2 is 1.75 bits per heavy atom. The van der Waals surface area contributed by atoms with Crippen LogP contribution in [-0.2, 0) is 0 Å². The second-order valence-electron chi connectivity index (χ2n) is 5.16. The summed E-state index contributed by atoms with van der Waals surface area (Å²) in [5.41, 5.74) is 1.67. The van der Waals surface area contributed by atoms with E-state index >= 15 is 0 Å². The number of benzene rings is 2. The van der Waals surface area contributed by atoms with Crippen molar-refractivity contribution in [3.8, 4) is 5.75 Å². The van der Waals surface area contributed by atoms with Crippen molar-refractivity contribution in [2.24, 2.45) is 0 Å². The van der Waals surface area contributed by atoms with Gasteiger partial charge in [0.05, 0.1) is 5.56 Å². The molecule has 1 unspecified atom stereocenters. The molecule has 3 nitrogen and oxygen atoms in total. The molecule has 3 rings (SSSR count). The molecule has 1 saturated heterocycles. The minimum atomic E-state index is -0.0819. The van der Waals surface area contributed by atoms with E-state index < -0.39 is 0 Å². The van der Waals surface area contributed by atoms with Gasteiger partial charge in [-0.15, -0.1) is 0 Å². The SMILES string of the molecule is O=C(c1ccccc1O)N1CCC(c2ccccc2)C1. The molecule has 1 aliphatic rings. The van der Waals surface area contributed by atoms with Crippen LogP contribution < -0.4 is 0 Å². The molecule has 1 fully saturated rings. The van der Waals surface area contributed by atoms with E-state index in [0.29, 0.717) is 11.5 Å². The molecule has 0 bridgehead atoms. The first-order chi connectivity index (χ1) is 9.75. The molecule has 1 atom stereocenters. The van der Waals surface area contributed by atoms with Crippen LogP contribution in [0.3, 0.4) is 0 Å². The number of amides is 1. The second-order valence-corrected chi connectivity index (χ2v) is 5.16. The maximum Gasteiger partial charge on any atom is 0.257 e. The van der Waals surface area contributed by atoms with Crippen LogP contribution in [0.4, 0.5) is 0 Å². The fourth-order valence-corrected chi connectivity index (χ4v) is 2.77. The number of hydrogen-bond acceptors (Lipinski definition) is 2. The van der Waals surface area contributed by atoms with Crippen molar-refractivity contribution in [3.63, 3.8) is 0 Å². The Morgan fingerprint density at radius 1 is 1.05 bits per heavy atom. The Bertz CT molecular complexity index is 609. The normalized spacial score (nSPS) is 18.2. The first kappa shape index (κ1) is 12.7. The van der Waals surface area contributed by atoms with Crippen LogP contribution in [0.1, 0.15) is 28.3 Å². The van der Waals surface area contributed by atoms with Crippen LogP contribution in [-0.4, -0.2) is 29.0 Å². The van der Waals surface area contributed by atoms with Crippen molar-refractivity contribution in [2.45, 2.75) is 12.3 Å². The molecule has 102 valence electrons. The van der Waals surface area contributed by atoms with Gasteiger partial charge in [-0.25, -0.2) is 0 Å². The third kappa shape index (κ3) is 2.39. The number of phenolic OH excluding ortho intramolecular Hbond substituents is 1. The number of aromatic hydroxyl groups is 1. The highest BCUT2D eigenvalue weighted by molar-refractivity contribution is 5.97. The van der Waals surface area contributed by atoms with Crippen LogP contribution in [0.5, 0.6) is 5.75 Å². The molecule has 1 amide bonds. The van der Waals surface area contributed by atoms with Gasteiger partial charge in [0.1, 0.15) is 5.75 Å². The maximum absolute atomic E-state index is 12.4. The van der Waals surface area contributed by atoms with Gasteiger partial charge in [-0.3, -0.25) is 4.79 Å². The summed E-state index contributed by atoms with van der Waals surface area (Å²) in [6.45, 7) is 1.46. The molecular weight excluding hydrogens is 250 g/mol. The molecule has 1 N–H and O–H groups in total. The zero-order chi connectivity index (χ0) is 13.9. The lowest BCUT2D eigenvalue weighted by Crippen LogP contribution is -2.28. The molecule has 0 saturated carbocycles. The average molecular weight is 267 g/mol. The zero-order valence-electron chi connectivity index (χ0n) is 11.2. The van der Waals surface area contributed by atoms with Gasteiger partial charge in [0.15, 0.2) is 0 Å². The van der Waals surface area contributed by atoms with Gasteiger partial charge in [-0.05, 0) is 24.1 Å². The first-order valence-corrected chi connectivity index (χ1v) is 6.88. The van der Waals surface area contributed by atoms with E-state index in [-0.39, 0.29) is 11.7 Å². The zero-order valence-corrected chi connectivity index (χ0v) is 11.2. The molecule has 20 heavy (non-hydrogen) atoms. The lowest BCUT2D eigenvalue weighted by molar-refractivity contribution is 0.0788. The van der Waals surface area contributed by atoms with Crippen LogP contribution in [0.25, 0.3) is 0 Å². The molecule has 3 heteroatoms. The van der Waals surface area contributed by atoms with Crippen molar-refractivity contribution in [2.75, 3.05) is 13.1 Å². The lowest BCUT2D eigenvalue weighted by Gasteiger charge is -2.17. The van der Waals surface area contributed by atoms with Crippen molar-refractivity contribution in [3.05, 3.63) is 65.7 Å². The number of para-hydroxylation sites is 1. The highest BCUT2D eigenvalue weighted by Crippen LogP contribution is 2.29. The van der Waals surface area contributed by atoms with Gasteiger partial charge in [0.25, 0.3) is 5.91 Å². The van der Waals surface area contributed by atoms with E-state index in [2.05, 4.69) is 12.1 Å². The van der Waals surface area contributed by atoms with E-state index in [4.69, 9.17) is 0 Å². The van der Waals surface area contributed by atoms with Gasteiger partial charge in [0, 0.05) is 19.0 Å². The smallest absolute Gasteiger partial charge is 0.257 e. The fraction of sp³-hybridized carbons (Fsp3) is 0.235. The third-order valence-corrected chi connectivity index (χ3v) is 3.88. The molecule has 0 radical (unpaired) electrons. The fourth-order valence-electron chi connectivity index (χ4n) is 2.77. The summed E-state index contributed by atoms with van der Waals surface area (Å²) in [4.78, 5) is 14.2. The Balaban J connectivity index is 1.75. The third-order valence-electron chi connectivity index (χ3n) is 3.88. The summed E-state index contributed by atoms with van der Waals surface area (Å²) in [5, 5.41) is 9.78. The number of rotatable bonds is 2. The standard InChI is InChI=1S/C17H17NO2/c19-16-9-5-4-8-15(16)17(20)18-11-10-14(12-18)13-6-2-1-3-7-13/h1-9,14,19H,10-12H2. The average Bonchev–Trinajstić information content (AvgIpc) is 2.98. The minimum Gasteiger partial charge on any atom is -0.507 e. The highest BCUT2D eigenvalue weighted by atomic mass is 16.3. The van der Waals surface area contributed by atoms with E-state index in [1.807, 2.05) is 23.1 Å². The highest BCUT2D eigenvalue weighted by Gasteiger charge is 2.28. The van der Waals surface area contributed by atoms with Crippen molar-refractivity contribution < 1.29 is 9.90 Å². The van der Waals surface area contributed by atoms with Crippen LogP contribution in [0.2, 0.25) is 0 Å². The number of hydrogen-bond donors (Lipinski definition) is 1. The van der Waals surface area contributed by atoms with Crippen LogP contribution in [0.15, 0.2) is 54.6 Å². The summed E-state index contributed by atoms with van der Waals surface area (Å²) in [7, 11) is 0. The monoisotopic (exact) mass is 267 g/mol. The summed E-state index contributed by atoms with van der Waals surface area (Å²) >= 11 is 0. The van der Waals surface area contributed by atoms with E-state index in [1.165, 1.54) is 5.56 Å². The van der Waals surface area contributed by atoms with Crippen LogP contribution in [0, 0.1) is 0 Å². The molecule has 2 aromatic carbocycles. The topological polar surface area (TPSA) is 40.5 Å².